The van der Waals surface area contributed by atoms with Crippen LogP contribution in [0.2, 0.25) is 0 Å². The lowest BCUT2D eigenvalue weighted by atomic mass is 10.1. The number of fused-ring (bicyclic) bond motifs is 3. The zero-order chi connectivity index (χ0) is 25.6. The SMILES string of the molecule is CCOC(C)OC(=O)COc1ccc(COc2ccc([SH]3c4ccccc4-c4ccccc43)cc2)cc1. The van der Waals surface area contributed by atoms with Gasteiger partial charge in [0.15, 0.2) is 12.9 Å². The predicted octanol–water partition coefficient (Wildman–Crippen LogP) is 7.03. The number of hydrogen-bond donors (Lipinski definition) is 1. The quantitative estimate of drug-likeness (QED) is 0.123. The van der Waals surface area contributed by atoms with Gasteiger partial charge in [0.1, 0.15) is 18.1 Å². The topological polar surface area (TPSA) is 54.0 Å². The van der Waals surface area contributed by atoms with E-state index >= 15 is 0 Å². The van der Waals surface area contributed by atoms with Crippen LogP contribution in [0.25, 0.3) is 11.1 Å². The summed E-state index contributed by atoms with van der Waals surface area (Å²) in [6.07, 6.45) is -0.583. The minimum absolute atomic E-state index is 0.170. The van der Waals surface area contributed by atoms with Crippen LogP contribution in [-0.4, -0.2) is 25.5 Å². The third-order valence-electron chi connectivity index (χ3n) is 6.06. The minimum Gasteiger partial charge on any atom is -0.489 e. The molecular formula is C31H30O5S. The molecular weight excluding hydrogens is 484 g/mol. The largest absolute Gasteiger partial charge is 0.489 e. The number of rotatable bonds is 10. The fourth-order valence-corrected chi connectivity index (χ4v) is 6.98. The van der Waals surface area contributed by atoms with Gasteiger partial charge >= 0.3 is 5.97 Å². The Morgan fingerprint density at radius 3 is 1.95 bits per heavy atom. The highest BCUT2D eigenvalue weighted by Gasteiger charge is 2.26. The van der Waals surface area contributed by atoms with Crippen LogP contribution in [0.15, 0.2) is 112 Å². The molecule has 5 nitrogen and oxygen atoms in total. The van der Waals surface area contributed by atoms with E-state index < -0.39 is 23.2 Å². The fraction of sp³-hybridized carbons (Fsp3) is 0.194. The lowest BCUT2D eigenvalue weighted by Gasteiger charge is -2.19. The predicted molar refractivity (Wildman–Crippen MR) is 146 cm³/mol. The summed E-state index contributed by atoms with van der Waals surface area (Å²) in [5.41, 5.74) is 3.69. The molecule has 1 aliphatic rings. The van der Waals surface area contributed by atoms with Gasteiger partial charge in [-0.2, -0.15) is 10.9 Å². The Morgan fingerprint density at radius 2 is 1.32 bits per heavy atom. The van der Waals surface area contributed by atoms with Gasteiger partial charge in [-0.25, -0.2) is 4.79 Å². The van der Waals surface area contributed by atoms with Crippen LogP contribution in [-0.2, 0) is 20.9 Å². The van der Waals surface area contributed by atoms with E-state index in [2.05, 4.69) is 60.7 Å². The van der Waals surface area contributed by atoms with E-state index in [-0.39, 0.29) is 6.61 Å². The fourth-order valence-electron chi connectivity index (χ4n) is 4.37. The molecule has 1 unspecified atom stereocenters. The number of thiol groups is 1. The summed E-state index contributed by atoms with van der Waals surface area (Å²) in [4.78, 5) is 15.9. The molecule has 0 bridgehead atoms. The van der Waals surface area contributed by atoms with Crippen LogP contribution in [0.3, 0.4) is 0 Å². The molecule has 0 N–H and O–H groups in total. The van der Waals surface area contributed by atoms with Crippen LogP contribution in [0.5, 0.6) is 11.5 Å². The van der Waals surface area contributed by atoms with E-state index in [9.17, 15) is 4.79 Å². The summed E-state index contributed by atoms with van der Waals surface area (Å²) in [5.74, 6) is 0.947. The Bertz CT molecular complexity index is 1310. The van der Waals surface area contributed by atoms with Gasteiger partial charge in [0.05, 0.1) is 0 Å². The van der Waals surface area contributed by atoms with Gasteiger partial charge in [-0.05, 0) is 84.0 Å². The molecule has 1 atom stereocenters. The Hall–Kier alpha value is -3.74. The van der Waals surface area contributed by atoms with Crippen LogP contribution in [0.1, 0.15) is 19.4 Å². The molecule has 4 aromatic carbocycles. The third-order valence-corrected chi connectivity index (χ3v) is 8.62. The number of carbonyl (C=O) groups excluding carboxylic acids is 1. The van der Waals surface area contributed by atoms with Crippen molar-refractivity contribution in [2.24, 2.45) is 0 Å². The Morgan fingerprint density at radius 1 is 0.757 bits per heavy atom. The molecule has 1 heterocycles. The Kier molecular flexibility index (Phi) is 7.78. The summed E-state index contributed by atoms with van der Waals surface area (Å²) >= 11 is 0. The minimum atomic E-state index is -0.583. The Labute approximate surface area is 220 Å². The van der Waals surface area contributed by atoms with Gasteiger partial charge in [-0.15, -0.1) is 0 Å². The molecule has 0 saturated carbocycles. The van der Waals surface area contributed by atoms with Crippen molar-refractivity contribution in [3.8, 4) is 22.6 Å². The van der Waals surface area contributed by atoms with Gasteiger partial charge in [-0.3, -0.25) is 0 Å². The normalized spacial score (nSPS) is 13.4. The molecule has 0 aromatic heterocycles. The number of ether oxygens (including phenoxy) is 4. The third kappa shape index (κ3) is 5.82. The van der Waals surface area contributed by atoms with Crippen LogP contribution >= 0.6 is 10.9 Å². The number of benzene rings is 4. The van der Waals surface area contributed by atoms with Gasteiger partial charge in [-0.1, -0.05) is 48.5 Å². The summed E-state index contributed by atoms with van der Waals surface area (Å²) in [5, 5.41) is 0. The molecule has 0 amide bonds. The van der Waals surface area contributed by atoms with Crippen molar-refractivity contribution in [2.45, 2.75) is 41.4 Å². The van der Waals surface area contributed by atoms with E-state index in [1.807, 2.05) is 43.3 Å². The van der Waals surface area contributed by atoms with Crippen molar-refractivity contribution in [2.75, 3.05) is 13.2 Å². The molecule has 1 aliphatic heterocycles. The molecule has 0 radical (unpaired) electrons. The molecule has 4 aromatic rings. The maximum absolute atomic E-state index is 11.8. The second-order valence-electron chi connectivity index (χ2n) is 8.60. The van der Waals surface area contributed by atoms with Crippen LogP contribution in [0.4, 0.5) is 0 Å². The van der Waals surface area contributed by atoms with E-state index in [0.717, 1.165) is 11.3 Å². The molecule has 0 saturated heterocycles. The maximum atomic E-state index is 11.8. The van der Waals surface area contributed by atoms with Crippen LogP contribution in [0, 0.1) is 0 Å². The van der Waals surface area contributed by atoms with Gasteiger partial charge < -0.3 is 18.9 Å². The molecule has 0 spiro atoms. The van der Waals surface area contributed by atoms with E-state index in [4.69, 9.17) is 18.9 Å². The first-order valence-electron chi connectivity index (χ1n) is 12.4. The summed E-state index contributed by atoms with van der Waals surface area (Å²) in [6.45, 7) is 4.27. The van der Waals surface area contributed by atoms with Crippen LogP contribution < -0.4 is 9.47 Å². The zero-order valence-electron chi connectivity index (χ0n) is 20.9. The van der Waals surface area contributed by atoms with Gasteiger partial charge in [0, 0.05) is 16.4 Å². The Balaban J connectivity index is 1.17. The first-order valence-corrected chi connectivity index (χ1v) is 13.7. The van der Waals surface area contributed by atoms with E-state index in [0.29, 0.717) is 19.0 Å². The smallest absolute Gasteiger partial charge is 0.346 e. The summed E-state index contributed by atoms with van der Waals surface area (Å²) in [6, 6.07) is 33.4. The summed E-state index contributed by atoms with van der Waals surface area (Å²) < 4.78 is 21.8. The average Bonchev–Trinajstić information content (AvgIpc) is 3.26. The molecule has 37 heavy (non-hydrogen) atoms. The molecule has 0 aliphatic carbocycles. The van der Waals surface area contributed by atoms with Crippen molar-refractivity contribution in [3.63, 3.8) is 0 Å². The molecule has 0 fully saturated rings. The van der Waals surface area contributed by atoms with Gasteiger partial charge in [0.25, 0.3) is 0 Å². The standard InChI is InChI=1S/C31H30O5S/c1-3-33-22(2)36-31(32)21-35-24-14-12-23(13-15-24)20-34-25-16-18-26(19-17-25)37-29-10-6-4-8-27(29)28-9-5-7-11-30(28)37/h4-19,22,37H,3,20-21H2,1-2H3. The van der Waals surface area contributed by atoms with Crippen molar-refractivity contribution in [1.29, 1.82) is 0 Å². The van der Waals surface area contributed by atoms with Crippen molar-refractivity contribution in [3.05, 3.63) is 103 Å². The molecule has 6 heteroatoms. The highest BCUT2D eigenvalue weighted by atomic mass is 32.2. The average molecular weight is 515 g/mol. The van der Waals surface area contributed by atoms with Crippen molar-refractivity contribution >= 4 is 16.9 Å². The van der Waals surface area contributed by atoms with E-state index in [1.54, 1.807) is 6.92 Å². The zero-order valence-corrected chi connectivity index (χ0v) is 21.8. The maximum Gasteiger partial charge on any atom is 0.346 e. The van der Waals surface area contributed by atoms with E-state index in [1.165, 1.54) is 25.8 Å². The van der Waals surface area contributed by atoms with Crippen molar-refractivity contribution < 1.29 is 23.7 Å². The number of carbonyl (C=O) groups is 1. The second-order valence-corrected chi connectivity index (χ2v) is 10.7. The highest BCUT2D eigenvalue weighted by Crippen LogP contribution is 2.62. The first-order chi connectivity index (χ1) is 18.1. The van der Waals surface area contributed by atoms with Gasteiger partial charge in [0.2, 0.25) is 0 Å². The number of esters is 1. The number of hydrogen-bond acceptors (Lipinski definition) is 5. The van der Waals surface area contributed by atoms with Crippen molar-refractivity contribution in [1.82, 2.24) is 0 Å². The monoisotopic (exact) mass is 514 g/mol. The second kappa shape index (κ2) is 11.5. The lowest BCUT2D eigenvalue weighted by Crippen LogP contribution is -2.22. The molecule has 190 valence electrons. The first kappa shape index (κ1) is 24.9. The molecule has 5 rings (SSSR count). The lowest BCUT2D eigenvalue weighted by molar-refractivity contribution is -0.175. The highest BCUT2D eigenvalue weighted by molar-refractivity contribution is 8.17. The summed E-state index contributed by atoms with van der Waals surface area (Å²) in [7, 11) is -0.566.